The molecule has 2 rings (SSSR count). The summed E-state index contributed by atoms with van der Waals surface area (Å²) in [5.74, 6) is -0.277. The highest BCUT2D eigenvalue weighted by molar-refractivity contribution is 7.80. The maximum absolute atomic E-state index is 13.1. The first-order valence-electron chi connectivity index (χ1n) is 9.30. The minimum atomic E-state index is -0.623. The lowest BCUT2D eigenvalue weighted by Crippen LogP contribution is -2.46. The number of anilines is 2. The van der Waals surface area contributed by atoms with E-state index in [9.17, 15) is 14.0 Å². The van der Waals surface area contributed by atoms with Crippen LogP contribution < -0.4 is 27.2 Å². The largest absolute Gasteiger partial charge is 0.383 e. The number of H-pyrrole nitrogens is 1. The molecular formula is C19H26FN5O3S. The van der Waals surface area contributed by atoms with Gasteiger partial charge in [0.1, 0.15) is 11.6 Å². The molecule has 0 unspecified atom stereocenters. The van der Waals surface area contributed by atoms with Crippen LogP contribution in [0.1, 0.15) is 25.3 Å². The number of thiocarbonyl (C=S) groups is 1. The Morgan fingerprint density at radius 2 is 2.03 bits per heavy atom. The molecule has 0 amide bonds. The topological polar surface area (TPSA) is 105 Å². The van der Waals surface area contributed by atoms with Gasteiger partial charge in [0.05, 0.1) is 6.61 Å². The molecule has 8 nitrogen and oxygen atoms in total. The summed E-state index contributed by atoms with van der Waals surface area (Å²) >= 11 is 5.47. The zero-order valence-corrected chi connectivity index (χ0v) is 17.4. The number of aromatic amines is 1. The second kappa shape index (κ2) is 10.7. The van der Waals surface area contributed by atoms with Crippen LogP contribution in [-0.2, 0) is 17.8 Å². The van der Waals surface area contributed by atoms with Gasteiger partial charge in [-0.15, -0.1) is 0 Å². The molecule has 0 saturated carbocycles. The van der Waals surface area contributed by atoms with E-state index in [2.05, 4.69) is 10.3 Å². The molecule has 1 heterocycles. The van der Waals surface area contributed by atoms with Gasteiger partial charge in [0.25, 0.3) is 5.56 Å². The molecule has 0 atom stereocenters. The molecule has 4 N–H and O–H groups in total. The van der Waals surface area contributed by atoms with Crippen molar-refractivity contribution in [3.63, 3.8) is 0 Å². The molecule has 0 bridgehead atoms. The molecule has 0 aliphatic carbocycles. The highest BCUT2D eigenvalue weighted by atomic mass is 32.1. The molecule has 1 aromatic heterocycles. The Labute approximate surface area is 173 Å². The van der Waals surface area contributed by atoms with Gasteiger partial charge in [-0.05, 0) is 36.3 Å². The van der Waals surface area contributed by atoms with E-state index in [1.165, 1.54) is 28.7 Å². The molecule has 0 spiro atoms. The molecule has 0 radical (unpaired) electrons. The van der Waals surface area contributed by atoms with Gasteiger partial charge in [0.2, 0.25) is 0 Å². The van der Waals surface area contributed by atoms with Crippen LogP contribution in [0.25, 0.3) is 0 Å². The van der Waals surface area contributed by atoms with Crippen molar-refractivity contribution in [2.24, 2.45) is 0 Å². The van der Waals surface area contributed by atoms with E-state index in [1.54, 1.807) is 12.1 Å². The van der Waals surface area contributed by atoms with E-state index in [1.807, 2.05) is 6.92 Å². The van der Waals surface area contributed by atoms with Gasteiger partial charge in [0.15, 0.2) is 10.8 Å². The first-order chi connectivity index (χ1) is 13.9. The van der Waals surface area contributed by atoms with Crippen LogP contribution >= 0.6 is 12.2 Å². The maximum atomic E-state index is 13.1. The fourth-order valence-corrected chi connectivity index (χ4v) is 3.00. The summed E-state index contributed by atoms with van der Waals surface area (Å²) < 4.78 is 19.5. The third-order valence-corrected chi connectivity index (χ3v) is 4.71. The molecule has 1 aromatic carbocycles. The summed E-state index contributed by atoms with van der Waals surface area (Å²) in [5, 5.41) is 3.28. The summed E-state index contributed by atoms with van der Waals surface area (Å²) in [6, 6.07) is 5.98. The van der Waals surface area contributed by atoms with Gasteiger partial charge in [-0.2, -0.15) is 0 Å². The molecule has 0 fully saturated rings. The number of benzene rings is 1. The number of aromatic nitrogens is 2. The second-order valence-corrected chi connectivity index (χ2v) is 6.81. The van der Waals surface area contributed by atoms with Crippen LogP contribution in [0, 0.1) is 5.82 Å². The fourth-order valence-electron chi connectivity index (χ4n) is 2.75. The first-order valence-corrected chi connectivity index (χ1v) is 9.71. The van der Waals surface area contributed by atoms with Crippen molar-refractivity contribution in [3.8, 4) is 0 Å². The van der Waals surface area contributed by atoms with Crippen molar-refractivity contribution in [1.29, 1.82) is 0 Å². The molecule has 158 valence electrons. The number of nitrogens with zero attached hydrogens (tertiary/aromatic N) is 2. The van der Waals surface area contributed by atoms with Crippen molar-refractivity contribution in [2.75, 3.05) is 30.9 Å². The number of rotatable bonds is 9. The maximum Gasteiger partial charge on any atom is 0.330 e. The van der Waals surface area contributed by atoms with Crippen LogP contribution in [0.5, 0.6) is 0 Å². The summed E-state index contributed by atoms with van der Waals surface area (Å²) in [4.78, 5) is 28.5. The molecule has 0 aliphatic rings. The molecule has 2 aromatic rings. The van der Waals surface area contributed by atoms with Crippen LogP contribution in [-0.4, -0.2) is 34.9 Å². The van der Waals surface area contributed by atoms with Crippen LogP contribution in [0.2, 0.25) is 0 Å². The van der Waals surface area contributed by atoms with Crippen molar-refractivity contribution in [2.45, 2.75) is 32.9 Å². The number of hydrogen-bond donors (Lipinski definition) is 3. The molecule has 29 heavy (non-hydrogen) atoms. The summed E-state index contributed by atoms with van der Waals surface area (Å²) in [6.07, 6.45) is 1.60. The normalized spacial score (nSPS) is 10.7. The van der Waals surface area contributed by atoms with Gasteiger partial charge in [-0.1, -0.05) is 25.5 Å². The van der Waals surface area contributed by atoms with Crippen molar-refractivity contribution in [1.82, 2.24) is 14.9 Å². The predicted octanol–water partition coefficient (Wildman–Crippen LogP) is 1.59. The van der Waals surface area contributed by atoms with E-state index in [-0.39, 0.29) is 35.6 Å². The molecular weight excluding hydrogens is 397 g/mol. The van der Waals surface area contributed by atoms with Crippen molar-refractivity contribution in [3.05, 3.63) is 56.5 Å². The Hall–Kier alpha value is -2.72. The summed E-state index contributed by atoms with van der Waals surface area (Å²) in [5.41, 5.74) is 5.92. The highest BCUT2D eigenvalue weighted by Gasteiger charge is 2.21. The van der Waals surface area contributed by atoms with Gasteiger partial charge in [-0.3, -0.25) is 14.3 Å². The molecule has 0 saturated heterocycles. The lowest BCUT2D eigenvalue weighted by molar-refractivity contribution is 0.207. The van der Waals surface area contributed by atoms with Crippen LogP contribution in [0.4, 0.5) is 15.9 Å². The minimum absolute atomic E-state index is 0.0502. The average molecular weight is 424 g/mol. The molecule has 0 aliphatic heterocycles. The van der Waals surface area contributed by atoms with Gasteiger partial charge in [0, 0.05) is 26.7 Å². The Balaban J connectivity index is 2.33. The van der Waals surface area contributed by atoms with E-state index < -0.39 is 11.2 Å². The quantitative estimate of drug-likeness (QED) is 0.526. The Morgan fingerprint density at radius 3 is 2.66 bits per heavy atom. The summed E-state index contributed by atoms with van der Waals surface area (Å²) in [6.45, 7) is 3.25. The average Bonchev–Trinajstić information content (AvgIpc) is 2.69. The minimum Gasteiger partial charge on any atom is -0.383 e. The van der Waals surface area contributed by atoms with Gasteiger partial charge < -0.3 is 20.7 Å². The number of nitrogen functional groups attached to an aromatic ring is 1. The van der Waals surface area contributed by atoms with Gasteiger partial charge in [-0.25, -0.2) is 9.18 Å². The number of nitrogens with two attached hydrogens (primary N) is 1. The number of hydrogen-bond acceptors (Lipinski definition) is 5. The predicted molar refractivity (Wildman–Crippen MR) is 116 cm³/mol. The second-order valence-electron chi connectivity index (χ2n) is 6.43. The third-order valence-electron chi connectivity index (χ3n) is 4.34. The van der Waals surface area contributed by atoms with E-state index >= 15 is 0 Å². The summed E-state index contributed by atoms with van der Waals surface area (Å²) in [7, 11) is 1.53. The first kappa shape index (κ1) is 22.6. The van der Waals surface area contributed by atoms with E-state index in [4.69, 9.17) is 22.7 Å². The zero-order chi connectivity index (χ0) is 21.4. The third kappa shape index (κ3) is 5.88. The van der Waals surface area contributed by atoms with Crippen LogP contribution in [0.3, 0.4) is 0 Å². The Kier molecular flexibility index (Phi) is 8.34. The van der Waals surface area contributed by atoms with Crippen molar-refractivity contribution < 1.29 is 9.13 Å². The lowest BCUT2D eigenvalue weighted by atomic mass is 10.2. The fraction of sp³-hybridized carbons (Fsp3) is 0.421. The lowest BCUT2D eigenvalue weighted by Gasteiger charge is -2.27. The number of ether oxygens (including phenoxy) is 1. The highest BCUT2D eigenvalue weighted by Crippen LogP contribution is 2.17. The van der Waals surface area contributed by atoms with Gasteiger partial charge >= 0.3 is 5.69 Å². The standard InChI is InChI=1S/C19H26FN5O3S/c1-3-4-9-25-16(21)15(17(26)23-18(25)27)24(10-11-28-2)19(29)22-12-13-5-7-14(20)8-6-13/h5-8H,3-4,9-12,21H2,1-2H3,(H,22,29)(H,23,26,27). The van der Waals surface area contributed by atoms with E-state index in [0.29, 0.717) is 13.1 Å². The smallest absolute Gasteiger partial charge is 0.330 e. The Morgan fingerprint density at radius 1 is 1.34 bits per heavy atom. The number of methoxy groups -OCH3 is 1. The monoisotopic (exact) mass is 423 g/mol. The van der Waals surface area contributed by atoms with Crippen molar-refractivity contribution >= 4 is 28.8 Å². The van der Waals surface area contributed by atoms with E-state index in [0.717, 1.165) is 18.4 Å². The SMILES string of the molecule is CCCCn1c(N)c(N(CCOC)C(=S)NCc2ccc(F)cc2)c(=O)[nH]c1=O. The Bertz CT molecular complexity index is 942. The number of unbranched alkanes of at least 4 members (excludes halogenated alkanes) is 1. The number of halogens is 1. The zero-order valence-electron chi connectivity index (χ0n) is 16.5. The number of nitrogens with one attached hydrogen (secondary N) is 2. The van der Waals surface area contributed by atoms with Crippen LogP contribution in [0.15, 0.2) is 33.9 Å². The molecule has 10 heteroatoms.